The van der Waals surface area contributed by atoms with Gasteiger partial charge < -0.3 is 15.3 Å². The number of aromatic amines is 1. The van der Waals surface area contributed by atoms with Crippen LogP contribution in [0.15, 0.2) is 24.3 Å². The summed E-state index contributed by atoms with van der Waals surface area (Å²) in [5.41, 5.74) is 2.07. The molecule has 0 saturated carbocycles. The number of hydrogen-bond acceptors (Lipinski definition) is 5. The van der Waals surface area contributed by atoms with Gasteiger partial charge in [0.25, 0.3) is 5.91 Å². The Morgan fingerprint density at radius 2 is 2.11 bits per heavy atom. The first kappa shape index (κ1) is 18.4. The van der Waals surface area contributed by atoms with Crippen molar-refractivity contribution >= 4 is 16.9 Å². The number of halogens is 1. The second-order valence-electron chi connectivity index (χ2n) is 7.37. The normalized spacial score (nSPS) is 19.9. The van der Waals surface area contributed by atoms with E-state index in [2.05, 4.69) is 20.5 Å². The fourth-order valence-corrected chi connectivity index (χ4v) is 3.66. The van der Waals surface area contributed by atoms with E-state index in [0.29, 0.717) is 41.1 Å². The Morgan fingerprint density at radius 1 is 1.32 bits per heavy atom. The Bertz CT molecular complexity index is 1060. The molecular weight excluding hydrogens is 361 g/mol. The highest BCUT2D eigenvalue weighted by Gasteiger charge is 2.30. The number of nitrogens with one attached hydrogen (secondary N) is 2. The lowest BCUT2D eigenvalue weighted by Gasteiger charge is -2.37. The topological polar surface area (TPSA) is 94.1 Å². The van der Waals surface area contributed by atoms with Crippen molar-refractivity contribution in [2.75, 3.05) is 13.1 Å². The molecule has 0 radical (unpaired) electrons. The first-order chi connectivity index (χ1) is 13.3. The van der Waals surface area contributed by atoms with E-state index in [9.17, 15) is 14.3 Å². The van der Waals surface area contributed by atoms with Crippen molar-refractivity contribution in [2.45, 2.75) is 32.9 Å². The summed E-state index contributed by atoms with van der Waals surface area (Å²) in [6.45, 7) is 7.14. The number of nitrogens with zero attached hydrogens (tertiary/aromatic N) is 3. The minimum atomic E-state index is -0.606. The molecule has 8 heteroatoms. The molecule has 1 aliphatic rings. The summed E-state index contributed by atoms with van der Waals surface area (Å²) < 4.78 is 14.4. The Kier molecular flexibility index (Phi) is 4.50. The summed E-state index contributed by atoms with van der Waals surface area (Å²) in [7, 11) is 0. The van der Waals surface area contributed by atoms with Gasteiger partial charge in [0.05, 0.1) is 22.3 Å². The maximum atomic E-state index is 14.4. The monoisotopic (exact) mass is 383 g/mol. The zero-order valence-electron chi connectivity index (χ0n) is 16.0. The largest absolute Gasteiger partial charge is 0.508 e. The maximum Gasteiger partial charge on any atom is 0.255 e. The van der Waals surface area contributed by atoms with E-state index in [1.165, 1.54) is 12.1 Å². The van der Waals surface area contributed by atoms with Crippen molar-refractivity contribution in [3.05, 3.63) is 41.3 Å². The number of carbonyl (C=O) groups excluding carboxylic acids is 1. The van der Waals surface area contributed by atoms with Crippen molar-refractivity contribution in [2.24, 2.45) is 0 Å². The number of benzene rings is 1. The fraction of sp³-hybridized carbons (Fsp3) is 0.350. The second kappa shape index (κ2) is 6.87. The second-order valence-corrected chi connectivity index (χ2v) is 7.37. The molecule has 2 aromatic heterocycles. The molecule has 0 aliphatic carbocycles. The SMILES string of the molecule is Cc1n[nH]c2nc(-c3ccc(O)cc3F)cc(C(=O)N3C[C@H](C)NC[C@@H]3C)c12. The number of hydrogen-bond donors (Lipinski definition) is 3. The van der Waals surface area contributed by atoms with Crippen molar-refractivity contribution in [1.29, 1.82) is 0 Å². The highest BCUT2D eigenvalue weighted by atomic mass is 19.1. The van der Waals surface area contributed by atoms with E-state index in [4.69, 9.17) is 0 Å². The van der Waals surface area contributed by atoms with Crippen LogP contribution < -0.4 is 5.32 Å². The van der Waals surface area contributed by atoms with Gasteiger partial charge in [-0.3, -0.25) is 9.89 Å². The molecule has 3 aromatic rings. The molecule has 2 atom stereocenters. The smallest absolute Gasteiger partial charge is 0.255 e. The molecule has 3 N–H and O–H groups in total. The highest BCUT2D eigenvalue weighted by molar-refractivity contribution is 6.07. The van der Waals surface area contributed by atoms with Gasteiger partial charge in [-0.05, 0) is 39.0 Å². The van der Waals surface area contributed by atoms with E-state index in [1.807, 2.05) is 25.7 Å². The number of aryl methyl sites for hydroxylation is 1. The number of carbonyl (C=O) groups is 1. The quantitative estimate of drug-likeness (QED) is 0.632. The van der Waals surface area contributed by atoms with E-state index in [1.54, 1.807) is 6.07 Å². The van der Waals surface area contributed by atoms with E-state index < -0.39 is 5.82 Å². The van der Waals surface area contributed by atoms with Crippen LogP contribution in [-0.2, 0) is 0 Å². The van der Waals surface area contributed by atoms with Crippen molar-refractivity contribution in [1.82, 2.24) is 25.4 Å². The minimum absolute atomic E-state index is 0.0352. The number of rotatable bonds is 2. The Balaban J connectivity index is 1.87. The summed E-state index contributed by atoms with van der Waals surface area (Å²) in [5.74, 6) is -0.900. The molecule has 1 fully saturated rings. The maximum absolute atomic E-state index is 14.4. The number of phenols is 1. The summed E-state index contributed by atoms with van der Waals surface area (Å²) in [6.07, 6.45) is 0. The molecule has 1 aromatic carbocycles. The molecule has 4 rings (SSSR count). The predicted octanol–water partition coefficient (Wildman–Crippen LogP) is 2.60. The van der Waals surface area contributed by atoms with Crippen LogP contribution in [0, 0.1) is 12.7 Å². The van der Waals surface area contributed by atoms with E-state index in [0.717, 1.165) is 6.07 Å². The molecule has 28 heavy (non-hydrogen) atoms. The summed E-state index contributed by atoms with van der Waals surface area (Å²) in [5, 5.41) is 20.5. The van der Waals surface area contributed by atoms with Gasteiger partial charge in [0.2, 0.25) is 0 Å². The van der Waals surface area contributed by atoms with Crippen LogP contribution in [0.5, 0.6) is 5.75 Å². The first-order valence-electron chi connectivity index (χ1n) is 9.24. The highest BCUT2D eigenvalue weighted by Crippen LogP contribution is 2.30. The lowest BCUT2D eigenvalue weighted by molar-refractivity contribution is 0.0618. The fourth-order valence-electron chi connectivity index (χ4n) is 3.66. The third kappa shape index (κ3) is 3.09. The number of H-pyrrole nitrogens is 1. The first-order valence-corrected chi connectivity index (χ1v) is 9.24. The summed E-state index contributed by atoms with van der Waals surface area (Å²) in [6, 6.07) is 5.71. The van der Waals surface area contributed by atoms with Crippen LogP contribution in [0.3, 0.4) is 0 Å². The Morgan fingerprint density at radius 3 is 2.86 bits per heavy atom. The average molecular weight is 383 g/mol. The van der Waals surface area contributed by atoms with Crippen LogP contribution in [0.4, 0.5) is 4.39 Å². The molecule has 3 heterocycles. The van der Waals surface area contributed by atoms with Gasteiger partial charge in [0.15, 0.2) is 5.65 Å². The predicted molar refractivity (Wildman–Crippen MR) is 104 cm³/mol. The zero-order valence-corrected chi connectivity index (χ0v) is 16.0. The molecule has 0 unspecified atom stereocenters. The number of pyridine rings is 1. The molecular formula is C20H22FN5O2. The van der Waals surface area contributed by atoms with Gasteiger partial charge in [-0.1, -0.05) is 0 Å². The van der Waals surface area contributed by atoms with Crippen molar-refractivity contribution in [3.8, 4) is 17.0 Å². The number of amides is 1. The zero-order chi connectivity index (χ0) is 20.0. The molecule has 1 amide bonds. The Labute approximate surface area is 161 Å². The molecule has 1 aliphatic heterocycles. The van der Waals surface area contributed by atoms with Crippen LogP contribution in [-0.4, -0.2) is 56.3 Å². The molecule has 0 bridgehead atoms. The third-order valence-corrected chi connectivity index (χ3v) is 5.19. The summed E-state index contributed by atoms with van der Waals surface area (Å²) in [4.78, 5) is 19.7. The third-order valence-electron chi connectivity index (χ3n) is 5.19. The van der Waals surface area contributed by atoms with Crippen LogP contribution >= 0.6 is 0 Å². The van der Waals surface area contributed by atoms with Crippen LogP contribution in [0.25, 0.3) is 22.3 Å². The molecule has 0 spiro atoms. The number of fused-ring (bicyclic) bond motifs is 1. The van der Waals surface area contributed by atoms with Gasteiger partial charge in [0, 0.05) is 36.8 Å². The minimum Gasteiger partial charge on any atom is -0.508 e. The number of aromatic nitrogens is 3. The van der Waals surface area contributed by atoms with Gasteiger partial charge in [-0.25, -0.2) is 9.37 Å². The Hall–Kier alpha value is -3.00. The van der Waals surface area contributed by atoms with Gasteiger partial charge in [-0.2, -0.15) is 5.10 Å². The van der Waals surface area contributed by atoms with Gasteiger partial charge >= 0.3 is 0 Å². The number of piperazine rings is 1. The van der Waals surface area contributed by atoms with Crippen molar-refractivity contribution in [3.63, 3.8) is 0 Å². The number of phenolic OH excluding ortho intramolecular Hbond substituents is 1. The van der Waals surface area contributed by atoms with Crippen LogP contribution in [0.2, 0.25) is 0 Å². The molecule has 1 saturated heterocycles. The standard InChI is InChI=1S/C20H22FN5O2/c1-10-9-26(11(2)8-22-10)20(28)15-7-17(14-5-4-13(27)6-16(14)21)23-19-18(15)12(3)24-25-19/h4-7,10-11,22,27H,8-9H2,1-3H3,(H,23,24,25)/t10-,11-/m0/s1. The van der Waals surface area contributed by atoms with Crippen LogP contribution in [0.1, 0.15) is 29.9 Å². The summed E-state index contributed by atoms with van der Waals surface area (Å²) >= 11 is 0. The average Bonchev–Trinajstić information content (AvgIpc) is 3.03. The lowest BCUT2D eigenvalue weighted by Crippen LogP contribution is -2.56. The van der Waals surface area contributed by atoms with E-state index >= 15 is 0 Å². The van der Waals surface area contributed by atoms with Gasteiger partial charge in [0.1, 0.15) is 11.6 Å². The lowest BCUT2D eigenvalue weighted by atomic mass is 10.0. The van der Waals surface area contributed by atoms with Gasteiger partial charge in [-0.15, -0.1) is 0 Å². The van der Waals surface area contributed by atoms with E-state index in [-0.39, 0.29) is 29.3 Å². The number of aromatic hydroxyl groups is 1. The van der Waals surface area contributed by atoms with Crippen molar-refractivity contribution < 1.29 is 14.3 Å². The molecule has 146 valence electrons. The molecule has 7 nitrogen and oxygen atoms in total.